The number of hydrogen-bond donors (Lipinski definition) is 1. The fourth-order valence-electron chi connectivity index (χ4n) is 1.79. The van der Waals surface area contributed by atoms with Gasteiger partial charge in [-0.05, 0) is 32.0 Å². The van der Waals surface area contributed by atoms with Crippen molar-refractivity contribution in [2.45, 2.75) is 20.4 Å². The van der Waals surface area contributed by atoms with Gasteiger partial charge in [0.2, 0.25) is 5.95 Å². The maximum absolute atomic E-state index is 5.61. The molecule has 0 aliphatic rings. The fraction of sp³-hybridized carbons (Fsp3) is 0.286. The second-order valence-corrected chi connectivity index (χ2v) is 4.13. The Labute approximate surface area is 107 Å². The van der Waals surface area contributed by atoms with Crippen molar-refractivity contribution >= 4 is 11.6 Å². The molecule has 0 aliphatic carbocycles. The predicted octanol–water partition coefficient (Wildman–Crippen LogP) is 2.40. The van der Waals surface area contributed by atoms with Crippen LogP contribution in [-0.2, 0) is 6.54 Å². The molecule has 0 bridgehead atoms. The molecule has 1 aromatic heterocycles. The van der Waals surface area contributed by atoms with Gasteiger partial charge in [-0.1, -0.05) is 17.7 Å². The van der Waals surface area contributed by atoms with Crippen molar-refractivity contribution in [2.24, 2.45) is 5.73 Å². The molecule has 0 saturated heterocycles. The molecule has 0 fully saturated rings. The highest BCUT2D eigenvalue weighted by Gasteiger charge is 2.10. The van der Waals surface area contributed by atoms with Crippen LogP contribution < -0.4 is 10.6 Å². The van der Waals surface area contributed by atoms with Crippen molar-refractivity contribution in [2.75, 3.05) is 11.4 Å². The zero-order valence-corrected chi connectivity index (χ0v) is 10.8. The van der Waals surface area contributed by atoms with Crippen LogP contribution in [0.2, 0.25) is 0 Å². The first kappa shape index (κ1) is 12.5. The molecule has 0 spiro atoms. The van der Waals surface area contributed by atoms with E-state index in [1.165, 1.54) is 5.56 Å². The fourth-order valence-corrected chi connectivity index (χ4v) is 1.79. The zero-order valence-electron chi connectivity index (χ0n) is 10.8. The Morgan fingerprint density at radius 1 is 1.17 bits per heavy atom. The molecule has 94 valence electrons. The lowest BCUT2D eigenvalue weighted by molar-refractivity contribution is 0.901. The average Bonchev–Trinajstić information content (AvgIpc) is 2.42. The minimum absolute atomic E-state index is 0.432. The number of nitrogens with zero attached hydrogens (tertiary/aromatic N) is 3. The molecule has 2 aromatic rings. The third kappa shape index (κ3) is 2.65. The summed E-state index contributed by atoms with van der Waals surface area (Å²) in [5.41, 5.74) is 8.80. The van der Waals surface area contributed by atoms with Gasteiger partial charge in [0.25, 0.3) is 0 Å². The van der Waals surface area contributed by atoms with Gasteiger partial charge in [0.15, 0.2) is 0 Å². The topological polar surface area (TPSA) is 55.0 Å². The molecule has 1 heterocycles. The monoisotopic (exact) mass is 242 g/mol. The standard InChI is InChI=1S/C14H18N4/c1-3-18(13-6-4-11(2)5-7-13)14-16-9-8-12(10-15)17-14/h4-9H,3,10,15H2,1-2H3. The molecule has 1 aromatic carbocycles. The van der Waals surface area contributed by atoms with Crippen LogP contribution in [0.4, 0.5) is 11.6 Å². The number of aryl methyl sites for hydroxylation is 1. The summed E-state index contributed by atoms with van der Waals surface area (Å²) in [6.45, 7) is 5.40. The van der Waals surface area contributed by atoms with Gasteiger partial charge in [-0.25, -0.2) is 9.97 Å². The average molecular weight is 242 g/mol. The maximum Gasteiger partial charge on any atom is 0.230 e. The number of benzene rings is 1. The summed E-state index contributed by atoms with van der Waals surface area (Å²) < 4.78 is 0. The maximum atomic E-state index is 5.61. The Morgan fingerprint density at radius 3 is 2.50 bits per heavy atom. The van der Waals surface area contributed by atoms with Crippen LogP contribution in [0.3, 0.4) is 0 Å². The molecule has 0 unspecified atom stereocenters. The summed E-state index contributed by atoms with van der Waals surface area (Å²) in [5, 5.41) is 0. The van der Waals surface area contributed by atoms with Crippen LogP contribution in [0.15, 0.2) is 36.5 Å². The predicted molar refractivity (Wildman–Crippen MR) is 73.8 cm³/mol. The van der Waals surface area contributed by atoms with Crippen molar-refractivity contribution in [1.29, 1.82) is 0 Å². The van der Waals surface area contributed by atoms with Crippen molar-refractivity contribution in [3.05, 3.63) is 47.8 Å². The summed E-state index contributed by atoms with van der Waals surface area (Å²) >= 11 is 0. The summed E-state index contributed by atoms with van der Waals surface area (Å²) in [5.74, 6) is 0.698. The van der Waals surface area contributed by atoms with E-state index in [-0.39, 0.29) is 0 Å². The minimum atomic E-state index is 0.432. The zero-order chi connectivity index (χ0) is 13.0. The lowest BCUT2D eigenvalue weighted by Gasteiger charge is -2.21. The van der Waals surface area contributed by atoms with E-state index in [9.17, 15) is 0 Å². The van der Waals surface area contributed by atoms with Gasteiger partial charge in [-0.2, -0.15) is 0 Å². The first-order valence-electron chi connectivity index (χ1n) is 6.10. The largest absolute Gasteiger partial charge is 0.325 e. The van der Waals surface area contributed by atoms with Crippen LogP contribution in [0.25, 0.3) is 0 Å². The van der Waals surface area contributed by atoms with Gasteiger partial charge in [0, 0.05) is 25.0 Å². The normalized spacial score (nSPS) is 10.4. The lowest BCUT2D eigenvalue weighted by atomic mass is 10.2. The highest BCUT2D eigenvalue weighted by molar-refractivity contribution is 5.57. The van der Waals surface area contributed by atoms with Crippen molar-refractivity contribution in [1.82, 2.24) is 9.97 Å². The number of nitrogens with two attached hydrogens (primary N) is 1. The Bertz CT molecular complexity index is 507. The molecule has 0 radical (unpaired) electrons. The van der Waals surface area contributed by atoms with Gasteiger partial charge >= 0.3 is 0 Å². The van der Waals surface area contributed by atoms with Gasteiger partial charge in [0.05, 0.1) is 5.69 Å². The quantitative estimate of drug-likeness (QED) is 0.894. The number of aromatic nitrogens is 2. The van der Waals surface area contributed by atoms with Crippen molar-refractivity contribution in [3.8, 4) is 0 Å². The Kier molecular flexibility index (Phi) is 3.89. The molecular formula is C14H18N4. The van der Waals surface area contributed by atoms with Crippen LogP contribution in [-0.4, -0.2) is 16.5 Å². The molecule has 4 heteroatoms. The second kappa shape index (κ2) is 5.60. The third-order valence-electron chi connectivity index (χ3n) is 2.81. The van der Waals surface area contributed by atoms with Crippen LogP contribution >= 0.6 is 0 Å². The first-order chi connectivity index (χ1) is 8.74. The van der Waals surface area contributed by atoms with Crippen molar-refractivity contribution in [3.63, 3.8) is 0 Å². The first-order valence-corrected chi connectivity index (χ1v) is 6.10. The van der Waals surface area contributed by atoms with Gasteiger partial charge in [0.1, 0.15) is 0 Å². The van der Waals surface area contributed by atoms with Gasteiger partial charge in [-0.3, -0.25) is 0 Å². The second-order valence-electron chi connectivity index (χ2n) is 4.13. The van der Waals surface area contributed by atoms with E-state index < -0.39 is 0 Å². The van der Waals surface area contributed by atoms with E-state index in [2.05, 4.69) is 53.0 Å². The molecule has 2 N–H and O–H groups in total. The molecule has 0 saturated carbocycles. The molecule has 0 amide bonds. The molecule has 0 aliphatic heterocycles. The third-order valence-corrected chi connectivity index (χ3v) is 2.81. The van der Waals surface area contributed by atoms with Gasteiger partial charge in [-0.15, -0.1) is 0 Å². The van der Waals surface area contributed by atoms with E-state index in [4.69, 9.17) is 5.73 Å². The highest BCUT2D eigenvalue weighted by Crippen LogP contribution is 2.21. The van der Waals surface area contributed by atoms with Gasteiger partial charge < -0.3 is 10.6 Å². The SMILES string of the molecule is CCN(c1ccc(C)cc1)c1nccc(CN)n1. The number of anilines is 2. The lowest BCUT2D eigenvalue weighted by Crippen LogP contribution is -2.19. The van der Waals surface area contributed by atoms with E-state index in [1.807, 2.05) is 6.07 Å². The number of rotatable bonds is 4. The van der Waals surface area contributed by atoms with Crippen LogP contribution in [0.1, 0.15) is 18.2 Å². The summed E-state index contributed by atoms with van der Waals surface area (Å²) in [6.07, 6.45) is 1.75. The highest BCUT2D eigenvalue weighted by atomic mass is 15.2. The summed E-state index contributed by atoms with van der Waals surface area (Å²) in [7, 11) is 0. The smallest absolute Gasteiger partial charge is 0.230 e. The Balaban J connectivity index is 2.35. The van der Waals surface area contributed by atoms with E-state index in [0.29, 0.717) is 12.5 Å². The molecule has 18 heavy (non-hydrogen) atoms. The summed E-state index contributed by atoms with van der Waals surface area (Å²) in [4.78, 5) is 10.8. The minimum Gasteiger partial charge on any atom is -0.325 e. The van der Waals surface area contributed by atoms with Crippen LogP contribution in [0.5, 0.6) is 0 Å². The van der Waals surface area contributed by atoms with E-state index in [0.717, 1.165) is 17.9 Å². The van der Waals surface area contributed by atoms with Crippen molar-refractivity contribution < 1.29 is 0 Å². The number of hydrogen-bond acceptors (Lipinski definition) is 4. The Morgan fingerprint density at radius 2 is 1.89 bits per heavy atom. The summed E-state index contributed by atoms with van der Waals surface area (Å²) in [6, 6.07) is 10.2. The molecule has 2 rings (SSSR count). The molecule has 4 nitrogen and oxygen atoms in total. The molecule has 0 atom stereocenters. The van der Waals surface area contributed by atoms with Crippen LogP contribution in [0, 0.1) is 6.92 Å². The molecular weight excluding hydrogens is 224 g/mol. The van der Waals surface area contributed by atoms with E-state index in [1.54, 1.807) is 6.20 Å². The van der Waals surface area contributed by atoms with E-state index >= 15 is 0 Å². The Hall–Kier alpha value is -1.94.